The third-order valence-electron chi connectivity index (χ3n) is 4.21. The number of amides is 1. The van der Waals surface area contributed by atoms with Gasteiger partial charge in [0.1, 0.15) is 5.82 Å². The third-order valence-corrected chi connectivity index (χ3v) is 5.31. The quantitative estimate of drug-likeness (QED) is 0.803. The van der Waals surface area contributed by atoms with Crippen molar-refractivity contribution in [2.45, 2.75) is 10.6 Å². The Labute approximate surface area is 137 Å². The van der Waals surface area contributed by atoms with Gasteiger partial charge >= 0.3 is 0 Å². The van der Waals surface area contributed by atoms with Gasteiger partial charge in [0.25, 0.3) is 5.91 Å². The van der Waals surface area contributed by atoms with E-state index in [2.05, 4.69) is 5.10 Å². The van der Waals surface area contributed by atoms with Crippen molar-refractivity contribution in [2.75, 3.05) is 26.3 Å². The SMILES string of the molecule is Cn1nc(C(=O)N2CCOCC2)c2c1-c1cc(F)ccc1SC2. The lowest BCUT2D eigenvalue weighted by atomic mass is 10.1. The van der Waals surface area contributed by atoms with Gasteiger partial charge in [0.15, 0.2) is 5.69 Å². The summed E-state index contributed by atoms with van der Waals surface area (Å²) in [5, 5.41) is 4.44. The molecule has 4 rings (SSSR count). The van der Waals surface area contributed by atoms with Crippen molar-refractivity contribution in [1.29, 1.82) is 0 Å². The van der Waals surface area contributed by atoms with Gasteiger partial charge in [-0.3, -0.25) is 9.48 Å². The fourth-order valence-electron chi connectivity index (χ4n) is 3.09. The molecule has 2 aliphatic rings. The fraction of sp³-hybridized carbons (Fsp3) is 0.375. The van der Waals surface area contributed by atoms with Crippen LogP contribution in [-0.4, -0.2) is 46.9 Å². The average molecular weight is 333 g/mol. The predicted octanol–water partition coefficient (Wildman–Crippen LogP) is 2.30. The monoisotopic (exact) mass is 333 g/mol. The van der Waals surface area contributed by atoms with Crippen molar-refractivity contribution in [3.05, 3.63) is 35.3 Å². The maximum Gasteiger partial charge on any atom is 0.274 e. The first kappa shape index (κ1) is 14.7. The van der Waals surface area contributed by atoms with Crippen LogP contribution in [0.1, 0.15) is 16.1 Å². The molecule has 1 aromatic carbocycles. The summed E-state index contributed by atoms with van der Waals surface area (Å²) >= 11 is 1.62. The van der Waals surface area contributed by atoms with Crippen LogP contribution in [0.2, 0.25) is 0 Å². The number of halogens is 1. The van der Waals surface area contributed by atoms with Gasteiger partial charge in [-0.05, 0) is 18.2 Å². The van der Waals surface area contributed by atoms with E-state index in [1.165, 1.54) is 12.1 Å². The Bertz CT molecular complexity index is 784. The molecule has 0 radical (unpaired) electrons. The second-order valence-electron chi connectivity index (χ2n) is 5.63. The highest BCUT2D eigenvalue weighted by molar-refractivity contribution is 7.98. The number of thioether (sulfide) groups is 1. The minimum absolute atomic E-state index is 0.0643. The number of carbonyl (C=O) groups is 1. The first-order valence-corrected chi connectivity index (χ1v) is 8.49. The number of fused-ring (bicyclic) bond motifs is 3. The number of benzene rings is 1. The zero-order valence-electron chi connectivity index (χ0n) is 12.7. The molecule has 0 saturated carbocycles. The molecule has 0 atom stereocenters. The highest BCUT2D eigenvalue weighted by atomic mass is 32.2. The highest BCUT2D eigenvalue weighted by Crippen LogP contribution is 2.42. The van der Waals surface area contributed by atoms with Crippen molar-refractivity contribution in [2.24, 2.45) is 7.05 Å². The van der Waals surface area contributed by atoms with Crippen LogP contribution in [-0.2, 0) is 17.5 Å². The lowest BCUT2D eigenvalue weighted by molar-refractivity contribution is 0.0298. The van der Waals surface area contributed by atoms with Crippen LogP contribution in [0.25, 0.3) is 11.3 Å². The van der Waals surface area contributed by atoms with Gasteiger partial charge in [-0.25, -0.2) is 4.39 Å². The minimum atomic E-state index is -0.278. The topological polar surface area (TPSA) is 47.4 Å². The number of rotatable bonds is 1. The number of carbonyl (C=O) groups excluding carboxylic acids is 1. The lowest BCUT2D eigenvalue weighted by Crippen LogP contribution is -2.41. The van der Waals surface area contributed by atoms with E-state index in [1.54, 1.807) is 34.5 Å². The van der Waals surface area contributed by atoms with Crippen LogP contribution in [0.15, 0.2) is 23.1 Å². The van der Waals surface area contributed by atoms with Crippen LogP contribution < -0.4 is 0 Å². The Morgan fingerprint density at radius 1 is 1.35 bits per heavy atom. The molecule has 0 aliphatic carbocycles. The Morgan fingerprint density at radius 2 is 2.13 bits per heavy atom. The molecule has 0 spiro atoms. The van der Waals surface area contributed by atoms with E-state index in [9.17, 15) is 9.18 Å². The summed E-state index contributed by atoms with van der Waals surface area (Å²) in [6.45, 7) is 2.29. The maximum atomic E-state index is 13.6. The zero-order chi connectivity index (χ0) is 16.0. The van der Waals surface area contributed by atoms with Gasteiger partial charge in [-0.15, -0.1) is 11.8 Å². The summed E-state index contributed by atoms with van der Waals surface area (Å²) in [4.78, 5) is 15.6. The average Bonchev–Trinajstić information content (AvgIpc) is 2.92. The summed E-state index contributed by atoms with van der Waals surface area (Å²) in [6.07, 6.45) is 0. The van der Waals surface area contributed by atoms with Crippen molar-refractivity contribution in [3.8, 4) is 11.3 Å². The van der Waals surface area contributed by atoms with Gasteiger partial charge < -0.3 is 9.64 Å². The zero-order valence-corrected chi connectivity index (χ0v) is 13.5. The summed E-state index contributed by atoms with van der Waals surface area (Å²) in [7, 11) is 1.81. The maximum absolute atomic E-state index is 13.6. The highest BCUT2D eigenvalue weighted by Gasteiger charge is 2.30. The first-order valence-electron chi connectivity index (χ1n) is 7.51. The molecule has 5 nitrogen and oxygen atoms in total. The summed E-state index contributed by atoms with van der Waals surface area (Å²) < 4.78 is 20.6. The largest absolute Gasteiger partial charge is 0.378 e. The van der Waals surface area contributed by atoms with Gasteiger partial charge in [0, 0.05) is 41.9 Å². The molecule has 3 heterocycles. The number of hydrogen-bond donors (Lipinski definition) is 0. The Morgan fingerprint density at radius 3 is 2.91 bits per heavy atom. The third kappa shape index (κ3) is 2.44. The minimum Gasteiger partial charge on any atom is -0.378 e. The summed E-state index contributed by atoms with van der Waals surface area (Å²) in [5.74, 6) is 0.331. The second kappa shape index (κ2) is 5.65. The molecule has 1 amide bonds. The van der Waals surface area contributed by atoms with Crippen LogP contribution in [0.4, 0.5) is 4.39 Å². The van der Waals surface area contributed by atoms with Crippen molar-refractivity contribution in [1.82, 2.24) is 14.7 Å². The molecule has 0 unspecified atom stereocenters. The Hall–Kier alpha value is -1.86. The Kier molecular flexibility index (Phi) is 3.61. The molecule has 0 bridgehead atoms. The molecule has 1 fully saturated rings. The van der Waals surface area contributed by atoms with E-state index in [0.717, 1.165) is 21.7 Å². The molecule has 0 N–H and O–H groups in total. The molecule has 23 heavy (non-hydrogen) atoms. The Balaban J connectivity index is 1.78. The van der Waals surface area contributed by atoms with E-state index >= 15 is 0 Å². The van der Waals surface area contributed by atoms with Crippen LogP contribution in [0.5, 0.6) is 0 Å². The molecule has 1 saturated heterocycles. The number of ether oxygens (including phenoxy) is 1. The van der Waals surface area contributed by atoms with Crippen LogP contribution >= 0.6 is 11.8 Å². The van der Waals surface area contributed by atoms with Crippen LogP contribution in [0, 0.1) is 5.82 Å². The van der Waals surface area contributed by atoms with Crippen molar-refractivity contribution < 1.29 is 13.9 Å². The molecule has 120 valence electrons. The van der Waals surface area contributed by atoms with E-state index in [4.69, 9.17) is 4.74 Å². The molecule has 1 aromatic heterocycles. The van der Waals surface area contributed by atoms with Gasteiger partial charge in [-0.1, -0.05) is 0 Å². The summed E-state index contributed by atoms with van der Waals surface area (Å²) in [5.41, 5.74) is 3.03. The molecular formula is C16H16FN3O2S. The van der Waals surface area contributed by atoms with E-state index < -0.39 is 0 Å². The van der Waals surface area contributed by atoms with E-state index in [0.29, 0.717) is 37.8 Å². The van der Waals surface area contributed by atoms with Crippen molar-refractivity contribution in [3.63, 3.8) is 0 Å². The molecule has 7 heteroatoms. The molecule has 2 aliphatic heterocycles. The fourth-order valence-corrected chi connectivity index (χ4v) is 4.14. The smallest absolute Gasteiger partial charge is 0.274 e. The molecular weight excluding hydrogens is 317 g/mol. The van der Waals surface area contributed by atoms with E-state index in [-0.39, 0.29) is 11.7 Å². The number of hydrogen-bond acceptors (Lipinski definition) is 4. The predicted molar refractivity (Wildman–Crippen MR) is 84.9 cm³/mol. The van der Waals surface area contributed by atoms with Gasteiger partial charge in [0.05, 0.1) is 18.9 Å². The second-order valence-corrected chi connectivity index (χ2v) is 6.65. The molecule has 2 aromatic rings. The normalized spacial score (nSPS) is 16.9. The van der Waals surface area contributed by atoms with Crippen molar-refractivity contribution >= 4 is 17.7 Å². The number of morpholine rings is 1. The standard InChI is InChI=1S/C16H16FN3O2S/c1-19-15-11-8-10(17)2-3-13(11)23-9-12(15)14(18-19)16(21)20-4-6-22-7-5-20/h2-3,8H,4-7,9H2,1H3. The summed E-state index contributed by atoms with van der Waals surface area (Å²) in [6, 6.07) is 4.77. The number of aromatic nitrogens is 2. The number of aryl methyl sites for hydroxylation is 1. The van der Waals surface area contributed by atoms with Gasteiger partial charge in [0.2, 0.25) is 0 Å². The number of nitrogens with zero attached hydrogens (tertiary/aromatic N) is 3. The van der Waals surface area contributed by atoms with Crippen LogP contribution in [0.3, 0.4) is 0 Å². The first-order chi connectivity index (χ1) is 11.1. The van der Waals surface area contributed by atoms with E-state index in [1.807, 2.05) is 0 Å². The lowest BCUT2D eigenvalue weighted by Gasteiger charge is -2.26. The van der Waals surface area contributed by atoms with Gasteiger partial charge in [-0.2, -0.15) is 5.10 Å².